The molecule has 5 nitrogen and oxygen atoms in total. The van der Waals surface area contributed by atoms with Crippen molar-refractivity contribution in [3.63, 3.8) is 0 Å². The van der Waals surface area contributed by atoms with E-state index >= 15 is 0 Å². The number of primary amides is 1. The minimum Gasteiger partial charge on any atom is -0.365 e. The fourth-order valence-electron chi connectivity index (χ4n) is 1.27. The van der Waals surface area contributed by atoms with Gasteiger partial charge in [-0.15, -0.1) is 0 Å². The van der Waals surface area contributed by atoms with Crippen molar-refractivity contribution in [2.75, 3.05) is 6.54 Å². The van der Waals surface area contributed by atoms with Crippen molar-refractivity contribution in [1.82, 2.24) is 0 Å². The fourth-order valence-corrected chi connectivity index (χ4v) is 1.27. The highest BCUT2D eigenvalue weighted by Gasteiger charge is 2.12. The summed E-state index contributed by atoms with van der Waals surface area (Å²) in [5.41, 5.74) is 13.4. The van der Waals surface area contributed by atoms with Crippen LogP contribution in [0.4, 0.5) is 4.39 Å². The van der Waals surface area contributed by atoms with Gasteiger partial charge in [0.15, 0.2) is 0 Å². The van der Waals surface area contributed by atoms with Crippen molar-refractivity contribution in [3.8, 4) is 0 Å². The number of rotatable bonds is 4. The van der Waals surface area contributed by atoms with Crippen molar-refractivity contribution in [1.29, 1.82) is 0 Å². The molecule has 0 saturated heterocycles. The lowest BCUT2D eigenvalue weighted by Crippen LogP contribution is -2.16. The standard InChI is InChI=1S/C9H9FN4O/c10-7-3-1-2-6(4-5-13-14-12)8(7)9(11)15/h1-3H,4-5H2,(H2,11,15). The molecule has 1 rings (SSSR count). The number of carbonyl (C=O) groups excluding carboxylic acids is 1. The molecular formula is C9H9FN4O. The molecule has 0 radical (unpaired) electrons. The molecule has 1 aromatic carbocycles. The van der Waals surface area contributed by atoms with E-state index in [1.165, 1.54) is 6.07 Å². The van der Waals surface area contributed by atoms with Crippen LogP contribution in [0.5, 0.6) is 0 Å². The average Bonchev–Trinajstić information content (AvgIpc) is 2.17. The minimum atomic E-state index is -0.816. The number of azide groups is 1. The van der Waals surface area contributed by atoms with E-state index in [0.717, 1.165) is 6.07 Å². The van der Waals surface area contributed by atoms with Gasteiger partial charge in [-0.3, -0.25) is 4.79 Å². The summed E-state index contributed by atoms with van der Waals surface area (Å²) < 4.78 is 13.2. The molecule has 0 fully saturated rings. The van der Waals surface area contributed by atoms with Crippen LogP contribution in [0, 0.1) is 5.82 Å². The highest BCUT2D eigenvalue weighted by molar-refractivity contribution is 5.94. The first-order chi connectivity index (χ1) is 7.16. The molecule has 0 heterocycles. The average molecular weight is 208 g/mol. The second-order valence-corrected chi connectivity index (χ2v) is 2.84. The maximum atomic E-state index is 13.2. The molecule has 0 atom stereocenters. The molecule has 0 saturated carbocycles. The molecule has 6 heteroatoms. The highest BCUT2D eigenvalue weighted by atomic mass is 19.1. The van der Waals surface area contributed by atoms with Gasteiger partial charge in [0, 0.05) is 11.5 Å². The van der Waals surface area contributed by atoms with E-state index in [1.54, 1.807) is 6.07 Å². The largest absolute Gasteiger partial charge is 0.365 e. The van der Waals surface area contributed by atoms with Crippen LogP contribution >= 0.6 is 0 Å². The van der Waals surface area contributed by atoms with Crippen molar-refractivity contribution >= 4 is 5.91 Å². The molecule has 0 aliphatic carbocycles. The monoisotopic (exact) mass is 208 g/mol. The third kappa shape index (κ3) is 2.69. The molecule has 0 unspecified atom stereocenters. The fraction of sp³-hybridized carbons (Fsp3) is 0.222. The number of benzene rings is 1. The zero-order valence-corrected chi connectivity index (χ0v) is 7.85. The zero-order valence-electron chi connectivity index (χ0n) is 7.85. The van der Waals surface area contributed by atoms with Gasteiger partial charge in [-0.2, -0.15) is 0 Å². The van der Waals surface area contributed by atoms with Crippen LogP contribution in [-0.4, -0.2) is 12.5 Å². The summed E-state index contributed by atoms with van der Waals surface area (Å²) in [5, 5.41) is 3.30. The maximum absolute atomic E-state index is 13.2. The van der Waals surface area contributed by atoms with Gasteiger partial charge in [0.2, 0.25) is 0 Å². The van der Waals surface area contributed by atoms with Gasteiger partial charge in [0.25, 0.3) is 5.91 Å². The van der Waals surface area contributed by atoms with Crippen molar-refractivity contribution in [2.24, 2.45) is 10.8 Å². The number of nitrogens with zero attached hydrogens (tertiary/aromatic N) is 3. The summed E-state index contributed by atoms with van der Waals surface area (Å²) in [6.07, 6.45) is 0.292. The smallest absolute Gasteiger partial charge is 0.251 e. The lowest BCUT2D eigenvalue weighted by molar-refractivity contribution is 0.0995. The first kappa shape index (κ1) is 11.0. The quantitative estimate of drug-likeness (QED) is 0.456. The number of hydrogen-bond acceptors (Lipinski definition) is 2. The summed E-state index contributed by atoms with van der Waals surface area (Å²) in [6.45, 7) is 0.167. The van der Waals surface area contributed by atoms with Crippen LogP contribution in [0.3, 0.4) is 0 Å². The molecule has 78 valence electrons. The predicted octanol–water partition coefficient (Wildman–Crippen LogP) is 1.78. The van der Waals surface area contributed by atoms with Crippen LogP contribution in [0.15, 0.2) is 23.3 Å². The molecular weight excluding hydrogens is 199 g/mol. The SMILES string of the molecule is [N-]=[N+]=NCCc1cccc(F)c1C(N)=O. The molecule has 0 spiro atoms. The van der Waals surface area contributed by atoms with E-state index in [1.807, 2.05) is 0 Å². The van der Waals surface area contributed by atoms with Crippen molar-refractivity contribution < 1.29 is 9.18 Å². The Morgan fingerprint density at radius 3 is 2.93 bits per heavy atom. The van der Waals surface area contributed by atoms with Crippen LogP contribution in [-0.2, 0) is 6.42 Å². The van der Waals surface area contributed by atoms with Gasteiger partial charge in [0.05, 0.1) is 5.56 Å². The summed E-state index contributed by atoms with van der Waals surface area (Å²) in [5.74, 6) is -1.47. The van der Waals surface area contributed by atoms with Gasteiger partial charge < -0.3 is 5.73 Å². The van der Waals surface area contributed by atoms with Crippen molar-refractivity contribution in [2.45, 2.75) is 6.42 Å². The van der Waals surface area contributed by atoms with Gasteiger partial charge in [-0.1, -0.05) is 17.2 Å². The number of nitrogens with two attached hydrogens (primary N) is 1. The maximum Gasteiger partial charge on any atom is 0.251 e. The molecule has 0 bridgehead atoms. The lowest BCUT2D eigenvalue weighted by atomic mass is 10.0. The second kappa shape index (κ2) is 4.97. The third-order valence-corrected chi connectivity index (χ3v) is 1.89. The van der Waals surface area contributed by atoms with E-state index < -0.39 is 11.7 Å². The van der Waals surface area contributed by atoms with E-state index in [4.69, 9.17) is 11.3 Å². The van der Waals surface area contributed by atoms with Crippen LogP contribution < -0.4 is 5.73 Å². The Bertz CT molecular complexity index is 426. The number of carbonyl (C=O) groups is 1. The van der Waals surface area contributed by atoms with Crippen LogP contribution in [0.25, 0.3) is 10.4 Å². The molecule has 1 amide bonds. The molecule has 1 aromatic rings. The van der Waals surface area contributed by atoms with Crippen LogP contribution in [0.2, 0.25) is 0 Å². The van der Waals surface area contributed by atoms with E-state index in [9.17, 15) is 9.18 Å². The predicted molar refractivity (Wildman–Crippen MR) is 52.6 cm³/mol. The molecule has 0 aromatic heterocycles. The molecule has 0 aliphatic heterocycles. The molecule has 0 aliphatic rings. The first-order valence-electron chi connectivity index (χ1n) is 4.25. The number of hydrogen-bond donors (Lipinski definition) is 1. The Labute approximate surface area is 85.3 Å². The minimum absolute atomic E-state index is 0.134. The van der Waals surface area contributed by atoms with Crippen molar-refractivity contribution in [3.05, 3.63) is 45.6 Å². The second-order valence-electron chi connectivity index (χ2n) is 2.84. The molecule has 15 heavy (non-hydrogen) atoms. The topological polar surface area (TPSA) is 91.8 Å². The first-order valence-corrected chi connectivity index (χ1v) is 4.25. The zero-order chi connectivity index (χ0) is 11.3. The lowest BCUT2D eigenvalue weighted by Gasteiger charge is -2.05. The van der Waals surface area contributed by atoms with Gasteiger partial charge in [-0.05, 0) is 23.6 Å². The van der Waals surface area contributed by atoms with Crippen LogP contribution in [0.1, 0.15) is 15.9 Å². The summed E-state index contributed by atoms with van der Waals surface area (Å²) in [7, 11) is 0. The Morgan fingerprint density at radius 1 is 1.60 bits per heavy atom. The number of amides is 1. The van der Waals surface area contributed by atoms with Gasteiger partial charge in [0.1, 0.15) is 5.82 Å². The van der Waals surface area contributed by atoms with E-state index in [2.05, 4.69) is 10.0 Å². The Morgan fingerprint density at radius 2 is 2.33 bits per heavy atom. The summed E-state index contributed by atoms with van der Waals surface area (Å²) in [4.78, 5) is 13.5. The van der Waals surface area contributed by atoms with E-state index in [0.29, 0.717) is 12.0 Å². The summed E-state index contributed by atoms with van der Waals surface area (Å²) in [6, 6.07) is 4.22. The summed E-state index contributed by atoms with van der Waals surface area (Å²) >= 11 is 0. The number of halogens is 1. The molecule has 2 N–H and O–H groups in total. The Hall–Kier alpha value is -2.07. The normalized spacial score (nSPS) is 9.40. The van der Waals surface area contributed by atoms with Gasteiger partial charge >= 0.3 is 0 Å². The Balaban J connectivity index is 3.00. The van der Waals surface area contributed by atoms with E-state index in [-0.39, 0.29) is 12.1 Å². The van der Waals surface area contributed by atoms with Gasteiger partial charge in [-0.25, -0.2) is 4.39 Å². The Kier molecular flexibility index (Phi) is 3.65. The highest BCUT2D eigenvalue weighted by Crippen LogP contribution is 2.13. The third-order valence-electron chi connectivity index (χ3n) is 1.89.